The molecule has 0 radical (unpaired) electrons. The first-order valence-corrected chi connectivity index (χ1v) is 6.77. The van der Waals surface area contributed by atoms with Crippen LogP contribution in [0.25, 0.3) is 0 Å². The maximum Gasteiger partial charge on any atom is 0.270 e. The Hall–Kier alpha value is -1.60. The molecule has 1 heterocycles. The van der Waals surface area contributed by atoms with Gasteiger partial charge in [0, 0.05) is 17.9 Å². The number of amides is 1. The highest BCUT2D eigenvalue weighted by Crippen LogP contribution is 2.24. The van der Waals surface area contributed by atoms with E-state index in [1.165, 1.54) is 23.9 Å². The molecule has 1 aliphatic heterocycles. The molecule has 1 atom stereocenters. The van der Waals surface area contributed by atoms with Crippen molar-refractivity contribution in [2.75, 3.05) is 5.75 Å². The average Bonchev–Trinajstić information content (AvgIpc) is 2.74. The standard InChI is InChI=1S/C11H9ClN2O4S/c12-8-5-6(14(17)18)1-2-7(8)10(15)13-9-3-4-19-11(9)16/h1-2,5,9H,3-4H2,(H,13,15)/t9-/m0/s1. The molecule has 1 N–H and O–H groups in total. The van der Waals surface area contributed by atoms with Crippen LogP contribution in [0.4, 0.5) is 5.69 Å². The van der Waals surface area contributed by atoms with E-state index in [0.29, 0.717) is 12.2 Å². The number of carbonyl (C=O) groups is 2. The first-order chi connectivity index (χ1) is 8.99. The lowest BCUT2D eigenvalue weighted by atomic mass is 10.1. The van der Waals surface area contributed by atoms with E-state index in [-0.39, 0.29) is 21.4 Å². The monoisotopic (exact) mass is 300 g/mol. The normalized spacial score (nSPS) is 18.4. The maximum atomic E-state index is 11.9. The van der Waals surface area contributed by atoms with Gasteiger partial charge in [0.05, 0.1) is 21.6 Å². The number of nitro benzene ring substituents is 1. The van der Waals surface area contributed by atoms with Gasteiger partial charge >= 0.3 is 0 Å². The van der Waals surface area contributed by atoms with E-state index >= 15 is 0 Å². The molecule has 8 heteroatoms. The lowest BCUT2D eigenvalue weighted by Crippen LogP contribution is -2.37. The van der Waals surface area contributed by atoms with Gasteiger partial charge in [-0.2, -0.15) is 0 Å². The summed E-state index contributed by atoms with van der Waals surface area (Å²) >= 11 is 7.01. The molecule has 0 bridgehead atoms. The van der Waals surface area contributed by atoms with Crippen molar-refractivity contribution in [2.45, 2.75) is 12.5 Å². The Bertz CT molecular complexity index is 564. The van der Waals surface area contributed by atoms with Crippen molar-refractivity contribution in [2.24, 2.45) is 0 Å². The number of nitrogens with zero attached hydrogens (tertiary/aromatic N) is 1. The highest BCUT2D eigenvalue weighted by Gasteiger charge is 2.27. The number of benzene rings is 1. The summed E-state index contributed by atoms with van der Waals surface area (Å²) in [4.78, 5) is 33.3. The molecule has 0 aliphatic carbocycles. The highest BCUT2D eigenvalue weighted by molar-refractivity contribution is 8.14. The van der Waals surface area contributed by atoms with Crippen molar-refractivity contribution in [1.29, 1.82) is 0 Å². The smallest absolute Gasteiger partial charge is 0.270 e. The minimum atomic E-state index is -0.593. The Labute approximate surface area is 117 Å². The second-order valence-corrected chi connectivity index (χ2v) is 5.41. The van der Waals surface area contributed by atoms with Crippen LogP contribution in [-0.2, 0) is 4.79 Å². The van der Waals surface area contributed by atoms with Gasteiger partial charge in [0.2, 0.25) is 5.12 Å². The molecule has 19 heavy (non-hydrogen) atoms. The molecule has 0 aromatic heterocycles. The number of non-ortho nitro benzene ring substituents is 1. The van der Waals surface area contributed by atoms with Crippen LogP contribution in [0.5, 0.6) is 0 Å². The third-order valence-corrected chi connectivity index (χ3v) is 3.97. The van der Waals surface area contributed by atoms with Gasteiger partial charge < -0.3 is 5.32 Å². The molecular formula is C11H9ClN2O4S. The van der Waals surface area contributed by atoms with Crippen LogP contribution in [0, 0.1) is 10.1 Å². The molecule has 0 saturated carbocycles. The first kappa shape index (κ1) is 13.8. The number of halogens is 1. The second kappa shape index (κ2) is 5.58. The van der Waals surface area contributed by atoms with E-state index in [1.54, 1.807) is 0 Å². The van der Waals surface area contributed by atoms with Crippen LogP contribution >= 0.6 is 23.4 Å². The molecule has 6 nitrogen and oxygen atoms in total. The molecule has 1 saturated heterocycles. The van der Waals surface area contributed by atoms with Crippen molar-refractivity contribution in [3.63, 3.8) is 0 Å². The first-order valence-electron chi connectivity index (χ1n) is 5.40. The van der Waals surface area contributed by atoms with E-state index < -0.39 is 16.9 Å². The Kier molecular flexibility index (Phi) is 4.06. The molecule has 1 aromatic rings. The topological polar surface area (TPSA) is 89.3 Å². The number of carbonyl (C=O) groups excluding carboxylic acids is 2. The molecule has 0 unspecified atom stereocenters. The zero-order valence-corrected chi connectivity index (χ0v) is 11.2. The molecule has 1 aliphatic rings. The fourth-order valence-corrected chi connectivity index (χ4v) is 2.86. The number of nitro groups is 1. The largest absolute Gasteiger partial charge is 0.341 e. The predicted molar refractivity (Wildman–Crippen MR) is 71.4 cm³/mol. The summed E-state index contributed by atoms with van der Waals surface area (Å²) in [5.41, 5.74) is -0.0639. The molecular weight excluding hydrogens is 292 g/mol. The highest BCUT2D eigenvalue weighted by atomic mass is 35.5. The number of nitrogens with one attached hydrogen (secondary N) is 1. The van der Waals surface area contributed by atoms with E-state index in [0.717, 1.165) is 6.07 Å². The summed E-state index contributed by atoms with van der Waals surface area (Å²) in [5, 5.41) is 13.0. The number of hydrogen-bond donors (Lipinski definition) is 1. The number of thioether (sulfide) groups is 1. The van der Waals surface area contributed by atoms with Gasteiger partial charge in [-0.1, -0.05) is 23.4 Å². The summed E-state index contributed by atoms with van der Waals surface area (Å²) in [5.74, 6) is 0.179. The van der Waals surface area contributed by atoms with Crippen molar-refractivity contribution < 1.29 is 14.5 Å². The second-order valence-electron chi connectivity index (χ2n) is 3.90. The zero-order valence-electron chi connectivity index (χ0n) is 9.59. The van der Waals surface area contributed by atoms with Crippen LogP contribution in [0.1, 0.15) is 16.8 Å². The van der Waals surface area contributed by atoms with E-state index in [1.807, 2.05) is 0 Å². The molecule has 1 fully saturated rings. The van der Waals surface area contributed by atoms with Gasteiger partial charge in [-0.3, -0.25) is 19.7 Å². The molecule has 1 aromatic carbocycles. The van der Waals surface area contributed by atoms with E-state index in [9.17, 15) is 19.7 Å². The van der Waals surface area contributed by atoms with Crippen LogP contribution < -0.4 is 5.32 Å². The van der Waals surface area contributed by atoms with Gasteiger partial charge in [0.15, 0.2) is 0 Å². The van der Waals surface area contributed by atoms with Crippen LogP contribution in [0.3, 0.4) is 0 Å². The van der Waals surface area contributed by atoms with Crippen LogP contribution in [0.2, 0.25) is 5.02 Å². The Morgan fingerprint density at radius 2 is 2.26 bits per heavy atom. The molecule has 1 amide bonds. The summed E-state index contributed by atoms with van der Waals surface area (Å²) < 4.78 is 0. The van der Waals surface area contributed by atoms with Gasteiger partial charge in [-0.15, -0.1) is 0 Å². The van der Waals surface area contributed by atoms with Gasteiger partial charge in [0.25, 0.3) is 11.6 Å². The number of hydrogen-bond acceptors (Lipinski definition) is 5. The number of rotatable bonds is 3. The Morgan fingerprint density at radius 1 is 1.53 bits per heavy atom. The van der Waals surface area contributed by atoms with E-state index in [2.05, 4.69) is 5.32 Å². The zero-order chi connectivity index (χ0) is 14.0. The molecule has 100 valence electrons. The van der Waals surface area contributed by atoms with Gasteiger partial charge in [0.1, 0.15) is 0 Å². The summed E-state index contributed by atoms with van der Waals surface area (Å²) in [6.45, 7) is 0. The predicted octanol–water partition coefficient (Wildman–Crippen LogP) is 2.01. The fraction of sp³-hybridized carbons (Fsp3) is 0.273. The molecule has 2 rings (SSSR count). The van der Waals surface area contributed by atoms with Crippen molar-refractivity contribution in [3.05, 3.63) is 38.9 Å². The summed E-state index contributed by atoms with van der Waals surface area (Å²) in [6, 6.07) is 3.08. The Morgan fingerprint density at radius 3 is 2.79 bits per heavy atom. The van der Waals surface area contributed by atoms with E-state index in [4.69, 9.17) is 11.6 Å². The fourth-order valence-electron chi connectivity index (χ4n) is 1.66. The van der Waals surface area contributed by atoms with Crippen molar-refractivity contribution >= 4 is 40.1 Å². The summed E-state index contributed by atoms with van der Waals surface area (Å²) in [7, 11) is 0. The minimum absolute atomic E-state index is 0.00945. The van der Waals surface area contributed by atoms with Crippen LogP contribution in [0.15, 0.2) is 18.2 Å². The van der Waals surface area contributed by atoms with Crippen LogP contribution in [-0.4, -0.2) is 27.7 Å². The maximum absolute atomic E-state index is 11.9. The Balaban J connectivity index is 2.15. The minimum Gasteiger partial charge on any atom is -0.341 e. The van der Waals surface area contributed by atoms with Crippen molar-refractivity contribution in [1.82, 2.24) is 5.32 Å². The SMILES string of the molecule is O=C(N[C@H]1CCSC1=O)c1ccc([N+](=O)[O-])cc1Cl. The third-order valence-electron chi connectivity index (χ3n) is 2.65. The summed E-state index contributed by atoms with van der Waals surface area (Å²) in [6.07, 6.45) is 0.583. The lowest BCUT2D eigenvalue weighted by Gasteiger charge is -2.10. The lowest BCUT2D eigenvalue weighted by molar-refractivity contribution is -0.384. The van der Waals surface area contributed by atoms with Gasteiger partial charge in [-0.05, 0) is 12.5 Å². The van der Waals surface area contributed by atoms with Gasteiger partial charge in [-0.25, -0.2) is 0 Å². The molecule has 0 spiro atoms. The quantitative estimate of drug-likeness (QED) is 0.681. The third kappa shape index (κ3) is 3.05. The van der Waals surface area contributed by atoms with Crippen molar-refractivity contribution in [3.8, 4) is 0 Å². The average molecular weight is 301 g/mol.